The lowest BCUT2D eigenvalue weighted by Gasteiger charge is -2.09. The Bertz CT molecular complexity index is 783. The van der Waals surface area contributed by atoms with Gasteiger partial charge in [0.05, 0.1) is 7.11 Å². The summed E-state index contributed by atoms with van der Waals surface area (Å²) in [6, 6.07) is 12.2. The molecule has 124 valence electrons. The van der Waals surface area contributed by atoms with E-state index in [-0.39, 0.29) is 11.5 Å². The smallest absolute Gasteiger partial charge is 0.341 e. The number of benzene rings is 2. The van der Waals surface area contributed by atoms with Crippen LogP contribution in [0.1, 0.15) is 15.9 Å². The minimum absolute atomic E-state index is 0.196. The molecule has 0 atom stereocenters. The molecule has 0 unspecified atom stereocenters. The van der Waals surface area contributed by atoms with Gasteiger partial charge in [-0.1, -0.05) is 34.1 Å². The highest BCUT2D eigenvalue weighted by atomic mass is 79.9. The Morgan fingerprint density at radius 3 is 2.62 bits per heavy atom. The maximum atomic E-state index is 12.3. The van der Waals surface area contributed by atoms with Gasteiger partial charge in [-0.25, -0.2) is 4.79 Å². The maximum Gasteiger partial charge on any atom is 0.341 e. The van der Waals surface area contributed by atoms with Gasteiger partial charge in [0, 0.05) is 10.0 Å². The predicted molar refractivity (Wildman–Crippen MR) is 93.6 cm³/mol. The molecule has 0 amide bonds. The summed E-state index contributed by atoms with van der Waals surface area (Å²) in [7, 11) is 1.43. The second-order valence-electron chi connectivity index (χ2n) is 4.80. The van der Waals surface area contributed by atoms with Crippen molar-refractivity contribution in [1.29, 1.82) is 0 Å². The van der Waals surface area contributed by atoms with Crippen LogP contribution in [0.4, 0.5) is 0 Å². The third-order valence-electron chi connectivity index (χ3n) is 3.08. The highest BCUT2D eigenvalue weighted by molar-refractivity contribution is 9.10. The minimum Gasteiger partial charge on any atom is -0.493 e. The SMILES string of the molecule is COc1cc(C(=O)/C=C/c2cccc(Br)c2)ccc1OCC(=O)O. The van der Waals surface area contributed by atoms with E-state index >= 15 is 0 Å². The fourth-order valence-electron chi connectivity index (χ4n) is 1.96. The molecule has 0 fully saturated rings. The average molecular weight is 391 g/mol. The molecular weight excluding hydrogens is 376 g/mol. The Morgan fingerprint density at radius 2 is 1.96 bits per heavy atom. The summed E-state index contributed by atoms with van der Waals surface area (Å²) < 4.78 is 11.2. The molecule has 0 bridgehead atoms. The Balaban J connectivity index is 2.16. The molecule has 1 N–H and O–H groups in total. The third-order valence-corrected chi connectivity index (χ3v) is 3.57. The summed E-state index contributed by atoms with van der Waals surface area (Å²) in [6.07, 6.45) is 3.18. The van der Waals surface area contributed by atoms with Crippen LogP contribution in [0.3, 0.4) is 0 Å². The lowest BCUT2D eigenvalue weighted by Crippen LogP contribution is -2.10. The fraction of sp³-hybridized carbons (Fsp3) is 0.111. The van der Waals surface area contributed by atoms with Gasteiger partial charge in [-0.15, -0.1) is 0 Å². The number of halogens is 1. The molecule has 5 nitrogen and oxygen atoms in total. The van der Waals surface area contributed by atoms with Crippen molar-refractivity contribution in [2.24, 2.45) is 0 Å². The largest absolute Gasteiger partial charge is 0.493 e. The summed E-state index contributed by atoms with van der Waals surface area (Å²) in [5, 5.41) is 8.65. The van der Waals surface area contributed by atoms with E-state index in [0.717, 1.165) is 10.0 Å². The van der Waals surface area contributed by atoms with Crippen LogP contribution >= 0.6 is 15.9 Å². The number of methoxy groups -OCH3 is 1. The van der Waals surface area contributed by atoms with Gasteiger partial charge >= 0.3 is 5.97 Å². The number of rotatable bonds is 7. The van der Waals surface area contributed by atoms with Crippen molar-refractivity contribution < 1.29 is 24.2 Å². The van der Waals surface area contributed by atoms with Crippen molar-refractivity contribution in [3.8, 4) is 11.5 Å². The first kappa shape index (κ1) is 17.7. The van der Waals surface area contributed by atoms with Crippen LogP contribution in [0, 0.1) is 0 Å². The van der Waals surface area contributed by atoms with Crippen LogP contribution in [-0.2, 0) is 4.79 Å². The number of hydrogen-bond acceptors (Lipinski definition) is 4. The Labute approximate surface area is 147 Å². The zero-order valence-corrected chi connectivity index (χ0v) is 14.4. The van der Waals surface area contributed by atoms with Crippen LogP contribution in [0.2, 0.25) is 0 Å². The molecule has 2 aromatic rings. The van der Waals surface area contributed by atoms with Crippen molar-refractivity contribution in [2.45, 2.75) is 0 Å². The first-order valence-corrected chi connectivity index (χ1v) is 7.79. The monoisotopic (exact) mass is 390 g/mol. The molecule has 0 aliphatic heterocycles. The fourth-order valence-corrected chi connectivity index (χ4v) is 2.37. The van der Waals surface area contributed by atoms with Gasteiger partial charge in [0.2, 0.25) is 0 Å². The molecule has 0 saturated carbocycles. The standard InChI is InChI=1S/C18H15BrO5/c1-23-17-10-13(6-8-16(17)24-11-18(21)22)15(20)7-5-12-3-2-4-14(19)9-12/h2-10H,11H2,1H3,(H,21,22)/b7-5+. The number of ether oxygens (including phenoxy) is 2. The van der Waals surface area contributed by atoms with E-state index in [1.165, 1.54) is 25.3 Å². The van der Waals surface area contributed by atoms with Crippen molar-refractivity contribution >= 4 is 33.8 Å². The van der Waals surface area contributed by atoms with Gasteiger partial charge in [-0.3, -0.25) is 4.79 Å². The summed E-state index contributed by atoms with van der Waals surface area (Å²) in [5.74, 6) is -0.711. The van der Waals surface area contributed by atoms with Crippen LogP contribution in [0.25, 0.3) is 6.08 Å². The van der Waals surface area contributed by atoms with Gasteiger partial charge in [0.1, 0.15) is 0 Å². The highest BCUT2D eigenvalue weighted by Crippen LogP contribution is 2.28. The average Bonchev–Trinajstić information content (AvgIpc) is 2.57. The molecule has 0 aliphatic carbocycles. The number of carboxylic acids is 1. The molecular formula is C18H15BrO5. The van der Waals surface area contributed by atoms with Gasteiger partial charge in [-0.2, -0.15) is 0 Å². The quantitative estimate of drug-likeness (QED) is 0.574. The lowest BCUT2D eigenvalue weighted by molar-refractivity contribution is -0.139. The first-order chi connectivity index (χ1) is 11.5. The van der Waals surface area contributed by atoms with Gasteiger partial charge in [-0.05, 0) is 42.0 Å². The van der Waals surface area contributed by atoms with Crippen molar-refractivity contribution in [3.05, 3.63) is 64.1 Å². The second-order valence-corrected chi connectivity index (χ2v) is 5.72. The molecule has 0 radical (unpaired) electrons. The molecule has 2 rings (SSSR count). The van der Waals surface area contributed by atoms with E-state index in [0.29, 0.717) is 11.3 Å². The molecule has 0 aliphatic rings. The van der Waals surface area contributed by atoms with Crippen LogP contribution in [0.5, 0.6) is 11.5 Å². The normalized spacial score (nSPS) is 10.6. The highest BCUT2D eigenvalue weighted by Gasteiger charge is 2.10. The molecule has 0 heterocycles. The van der Waals surface area contributed by atoms with E-state index in [1.54, 1.807) is 12.1 Å². The van der Waals surface area contributed by atoms with E-state index in [9.17, 15) is 9.59 Å². The van der Waals surface area contributed by atoms with Crippen LogP contribution in [0.15, 0.2) is 53.0 Å². The van der Waals surface area contributed by atoms with Gasteiger partial charge in [0.25, 0.3) is 0 Å². The zero-order valence-electron chi connectivity index (χ0n) is 12.9. The lowest BCUT2D eigenvalue weighted by atomic mass is 10.1. The molecule has 0 spiro atoms. The summed E-state index contributed by atoms with van der Waals surface area (Å²) in [4.78, 5) is 22.8. The number of carbonyl (C=O) groups is 2. The van der Waals surface area contributed by atoms with E-state index < -0.39 is 12.6 Å². The van der Waals surface area contributed by atoms with E-state index in [1.807, 2.05) is 24.3 Å². The Kier molecular flexibility index (Phi) is 6.14. The van der Waals surface area contributed by atoms with Gasteiger partial charge < -0.3 is 14.6 Å². The van der Waals surface area contributed by atoms with Crippen molar-refractivity contribution in [2.75, 3.05) is 13.7 Å². The summed E-state index contributed by atoms with van der Waals surface area (Å²) >= 11 is 3.37. The first-order valence-electron chi connectivity index (χ1n) is 7.00. The molecule has 24 heavy (non-hydrogen) atoms. The Morgan fingerprint density at radius 1 is 1.17 bits per heavy atom. The maximum absolute atomic E-state index is 12.3. The molecule has 0 aromatic heterocycles. The van der Waals surface area contributed by atoms with Crippen molar-refractivity contribution in [1.82, 2.24) is 0 Å². The van der Waals surface area contributed by atoms with Crippen molar-refractivity contribution in [3.63, 3.8) is 0 Å². The number of ketones is 1. The summed E-state index contributed by atoms with van der Waals surface area (Å²) in [5.41, 5.74) is 1.31. The molecule has 6 heteroatoms. The number of hydrogen-bond donors (Lipinski definition) is 1. The number of carbonyl (C=O) groups excluding carboxylic acids is 1. The number of carboxylic acid groups (broad SMARTS) is 1. The number of allylic oxidation sites excluding steroid dienone is 1. The van der Waals surface area contributed by atoms with E-state index in [4.69, 9.17) is 14.6 Å². The van der Waals surface area contributed by atoms with E-state index in [2.05, 4.69) is 15.9 Å². The van der Waals surface area contributed by atoms with Gasteiger partial charge in [0.15, 0.2) is 23.9 Å². The molecule has 0 saturated heterocycles. The predicted octanol–water partition coefficient (Wildman–Crippen LogP) is 3.82. The zero-order chi connectivity index (χ0) is 17.5. The van der Waals surface area contributed by atoms with Crippen LogP contribution in [-0.4, -0.2) is 30.6 Å². The summed E-state index contributed by atoms with van der Waals surface area (Å²) in [6.45, 7) is -0.480. The third kappa shape index (κ3) is 4.96. The number of aliphatic carboxylic acids is 1. The minimum atomic E-state index is -1.09. The topological polar surface area (TPSA) is 72.8 Å². The molecule has 2 aromatic carbocycles. The Hall–Kier alpha value is -2.60. The van der Waals surface area contributed by atoms with Crippen LogP contribution < -0.4 is 9.47 Å². The second kappa shape index (κ2) is 8.31.